The molecule has 0 aromatic heterocycles. The summed E-state index contributed by atoms with van der Waals surface area (Å²) in [5.41, 5.74) is 0.845. The highest BCUT2D eigenvalue weighted by molar-refractivity contribution is 5.58. The molecule has 0 saturated heterocycles. The lowest BCUT2D eigenvalue weighted by Gasteiger charge is -2.19. The van der Waals surface area contributed by atoms with Crippen LogP contribution in [0, 0.1) is 10.1 Å². The Labute approximate surface area is 104 Å². The second-order valence-electron chi connectivity index (χ2n) is 4.55. The number of nitro benzene ring substituents is 1. The molecule has 6 nitrogen and oxygen atoms in total. The molecule has 96 valence electrons. The van der Waals surface area contributed by atoms with Gasteiger partial charge < -0.3 is 14.8 Å². The van der Waals surface area contributed by atoms with Crippen LogP contribution in [0.4, 0.5) is 5.69 Å². The zero-order valence-electron chi connectivity index (χ0n) is 9.85. The normalized spacial score (nSPS) is 17.6. The van der Waals surface area contributed by atoms with Gasteiger partial charge in [-0.05, 0) is 24.5 Å². The van der Waals surface area contributed by atoms with Crippen LogP contribution in [-0.2, 0) is 6.54 Å². The first-order valence-electron chi connectivity index (χ1n) is 6.04. The van der Waals surface area contributed by atoms with Crippen molar-refractivity contribution >= 4 is 5.69 Å². The van der Waals surface area contributed by atoms with E-state index in [9.17, 15) is 10.1 Å². The molecule has 1 heterocycles. The maximum Gasteiger partial charge on any atom is 0.315 e. The molecule has 3 rings (SSSR count). The van der Waals surface area contributed by atoms with Gasteiger partial charge in [0.2, 0.25) is 5.75 Å². The average Bonchev–Trinajstić information content (AvgIpc) is 3.19. The van der Waals surface area contributed by atoms with Gasteiger partial charge in [0.1, 0.15) is 13.2 Å². The molecule has 0 bridgehead atoms. The molecule has 1 saturated carbocycles. The van der Waals surface area contributed by atoms with E-state index in [0.29, 0.717) is 31.5 Å². The molecule has 1 aliphatic carbocycles. The molecule has 0 atom stereocenters. The highest BCUT2D eigenvalue weighted by atomic mass is 16.6. The summed E-state index contributed by atoms with van der Waals surface area (Å²) in [6, 6.07) is 3.94. The van der Waals surface area contributed by atoms with E-state index in [0.717, 1.165) is 5.56 Å². The highest BCUT2D eigenvalue weighted by Crippen LogP contribution is 2.40. The lowest BCUT2D eigenvalue weighted by atomic mass is 10.1. The summed E-state index contributed by atoms with van der Waals surface area (Å²) in [6.07, 6.45) is 2.37. The SMILES string of the molecule is O=[N+]([O-])c1cc(CNC2CC2)cc2c1OCCO2. The van der Waals surface area contributed by atoms with Crippen molar-refractivity contribution in [3.63, 3.8) is 0 Å². The van der Waals surface area contributed by atoms with Crippen LogP contribution < -0.4 is 14.8 Å². The maximum absolute atomic E-state index is 11.0. The number of benzene rings is 1. The fraction of sp³-hybridized carbons (Fsp3) is 0.500. The summed E-state index contributed by atoms with van der Waals surface area (Å²) in [5.74, 6) is 0.726. The molecule has 1 aromatic rings. The second-order valence-corrected chi connectivity index (χ2v) is 4.55. The van der Waals surface area contributed by atoms with Gasteiger partial charge in [0.25, 0.3) is 0 Å². The number of rotatable bonds is 4. The molecular formula is C12H14N2O4. The Kier molecular flexibility index (Phi) is 2.79. The number of hydrogen-bond acceptors (Lipinski definition) is 5. The van der Waals surface area contributed by atoms with Crippen LogP contribution in [0.3, 0.4) is 0 Å². The highest BCUT2D eigenvalue weighted by Gasteiger charge is 2.26. The Balaban J connectivity index is 1.89. The van der Waals surface area contributed by atoms with Crippen LogP contribution >= 0.6 is 0 Å². The van der Waals surface area contributed by atoms with Crippen molar-refractivity contribution in [3.8, 4) is 11.5 Å². The quantitative estimate of drug-likeness (QED) is 0.649. The maximum atomic E-state index is 11.0. The van der Waals surface area contributed by atoms with Gasteiger partial charge in [-0.1, -0.05) is 0 Å². The number of fused-ring (bicyclic) bond motifs is 1. The summed E-state index contributed by atoms with van der Waals surface area (Å²) >= 11 is 0. The molecule has 1 aromatic carbocycles. The van der Waals surface area contributed by atoms with E-state index in [-0.39, 0.29) is 11.4 Å². The van der Waals surface area contributed by atoms with Crippen molar-refractivity contribution in [1.82, 2.24) is 5.32 Å². The summed E-state index contributed by atoms with van der Waals surface area (Å²) in [6.45, 7) is 1.42. The topological polar surface area (TPSA) is 73.6 Å². The summed E-state index contributed by atoms with van der Waals surface area (Å²) < 4.78 is 10.7. The van der Waals surface area contributed by atoms with E-state index >= 15 is 0 Å². The molecular weight excluding hydrogens is 236 g/mol. The van der Waals surface area contributed by atoms with E-state index in [2.05, 4.69) is 5.32 Å². The van der Waals surface area contributed by atoms with Crippen LogP contribution in [-0.4, -0.2) is 24.2 Å². The molecule has 18 heavy (non-hydrogen) atoms. The van der Waals surface area contributed by atoms with Crippen LogP contribution in [0.25, 0.3) is 0 Å². The zero-order chi connectivity index (χ0) is 12.5. The van der Waals surface area contributed by atoms with Crippen LogP contribution in [0.1, 0.15) is 18.4 Å². The molecule has 0 spiro atoms. The molecule has 1 aliphatic heterocycles. The lowest BCUT2D eigenvalue weighted by molar-refractivity contribution is -0.386. The zero-order valence-corrected chi connectivity index (χ0v) is 9.85. The third kappa shape index (κ3) is 2.24. The van der Waals surface area contributed by atoms with Gasteiger partial charge in [-0.25, -0.2) is 0 Å². The monoisotopic (exact) mass is 250 g/mol. The predicted molar refractivity (Wildman–Crippen MR) is 63.9 cm³/mol. The number of ether oxygens (including phenoxy) is 2. The molecule has 6 heteroatoms. The van der Waals surface area contributed by atoms with Gasteiger partial charge in [-0.2, -0.15) is 0 Å². The van der Waals surface area contributed by atoms with Crippen molar-refractivity contribution < 1.29 is 14.4 Å². The van der Waals surface area contributed by atoms with Gasteiger partial charge in [-0.15, -0.1) is 0 Å². The number of nitrogens with one attached hydrogen (secondary N) is 1. The Morgan fingerprint density at radius 1 is 1.33 bits per heavy atom. The average molecular weight is 250 g/mol. The standard InChI is InChI=1S/C12H14N2O4/c15-14(16)10-5-8(7-13-9-1-2-9)6-11-12(10)18-4-3-17-11/h5-6,9,13H,1-4,7H2. The van der Waals surface area contributed by atoms with Crippen molar-refractivity contribution in [3.05, 3.63) is 27.8 Å². The molecule has 0 unspecified atom stereocenters. The number of hydrogen-bond donors (Lipinski definition) is 1. The van der Waals surface area contributed by atoms with Gasteiger partial charge in [0, 0.05) is 18.7 Å². The van der Waals surface area contributed by atoms with Crippen LogP contribution in [0.15, 0.2) is 12.1 Å². The van der Waals surface area contributed by atoms with Gasteiger partial charge >= 0.3 is 5.69 Å². The third-order valence-electron chi connectivity index (χ3n) is 3.05. The van der Waals surface area contributed by atoms with E-state index in [1.165, 1.54) is 12.8 Å². The molecule has 0 amide bonds. The summed E-state index contributed by atoms with van der Waals surface area (Å²) in [4.78, 5) is 10.6. The van der Waals surface area contributed by atoms with E-state index in [4.69, 9.17) is 9.47 Å². The minimum atomic E-state index is -0.422. The first-order valence-corrected chi connectivity index (χ1v) is 6.04. The molecule has 0 radical (unpaired) electrons. The van der Waals surface area contributed by atoms with Crippen molar-refractivity contribution in [2.75, 3.05) is 13.2 Å². The Bertz CT molecular complexity index is 485. The van der Waals surface area contributed by atoms with Crippen molar-refractivity contribution in [2.24, 2.45) is 0 Å². The minimum Gasteiger partial charge on any atom is -0.486 e. The molecule has 1 N–H and O–H groups in total. The van der Waals surface area contributed by atoms with Crippen molar-refractivity contribution in [1.29, 1.82) is 0 Å². The predicted octanol–water partition coefficient (Wildman–Crippen LogP) is 1.62. The smallest absolute Gasteiger partial charge is 0.315 e. The van der Waals surface area contributed by atoms with E-state index in [1.54, 1.807) is 6.07 Å². The van der Waals surface area contributed by atoms with E-state index in [1.807, 2.05) is 6.07 Å². The van der Waals surface area contributed by atoms with E-state index < -0.39 is 4.92 Å². The Morgan fingerprint density at radius 2 is 2.11 bits per heavy atom. The third-order valence-corrected chi connectivity index (χ3v) is 3.05. The first kappa shape index (κ1) is 11.3. The van der Waals surface area contributed by atoms with Gasteiger partial charge in [0.05, 0.1) is 4.92 Å². The Morgan fingerprint density at radius 3 is 2.83 bits per heavy atom. The summed E-state index contributed by atoms with van der Waals surface area (Å²) in [7, 11) is 0. The molecule has 1 fully saturated rings. The number of nitrogens with zero attached hydrogens (tertiary/aromatic N) is 1. The largest absolute Gasteiger partial charge is 0.486 e. The van der Waals surface area contributed by atoms with Crippen molar-refractivity contribution in [2.45, 2.75) is 25.4 Å². The van der Waals surface area contributed by atoms with Crippen LogP contribution in [0.5, 0.6) is 11.5 Å². The Hall–Kier alpha value is -1.82. The molecule has 2 aliphatic rings. The van der Waals surface area contributed by atoms with Gasteiger partial charge in [-0.3, -0.25) is 10.1 Å². The minimum absolute atomic E-state index is 0.0141. The first-order chi connectivity index (χ1) is 8.74. The lowest BCUT2D eigenvalue weighted by Crippen LogP contribution is -2.18. The fourth-order valence-corrected chi connectivity index (χ4v) is 1.98. The van der Waals surface area contributed by atoms with Crippen LogP contribution in [0.2, 0.25) is 0 Å². The second kappa shape index (κ2) is 4.45. The number of nitro groups is 1. The fourth-order valence-electron chi connectivity index (χ4n) is 1.98. The van der Waals surface area contributed by atoms with Gasteiger partial charge in [0.15, 0.2) is 5.75 Å². The summed E-state index contributed by atoms with van der Waals surface area (Å²) in [5, 5.41) is 14.4.